The Morgan fingerprint density at radius 2 is 2.12 bits per heavy atom. The van der Waals surface area contributed by atoms with Crippen LogP contribution in [0.3, 0.4) is 0 Å². The van der Waals surface area contributed by atoms with E-state index in [2.05, 4.69) is 10.2 Å². The summed E-state index contributed by atoms with van der Waals surface area (Å²) in [7, 11) is 0. The Bertz CT molecular complexity index is 358. The highest BCUT2D eigenvalue weighted by atomic mass is 16.1. The molecule has 1 aliphatic carbocycles. The highest BCUT2D eigenvalue weighted by Gasteiger charge is 2.38. The standard InChI is InChI=1S/C12H17N3O/c13-11(16)12(6-2-1-3-7-12)9-10-5-4-8-14-15-10/h4-5,8H,1-3,6-7,9H2,(H2,13,16). The van der Waals surface area contributed by atoms with Crippen molar-refractivity contribution in [3.05, 3.63) is 24.0 Å². The molecule has 86 valence electrons. The summed E-state index contributed by atoms with van der Waals surface area (Å²) in [5.41, 5.74) is 6.05. The molecule has 2 rings (SSSR count). The smallest absolute Gasteiger partial charge is 0.224 e. The van der Waals surface area contributed by atoms with Crippen molar-refractivity contribution in [3.8, 4) is 0 Å². The van der Waals surface area contributed by atoms with Gasteiger partial charge in [0.1, 0.15) is 0 Å². The van der Waals surface area contributed by atoms with E-state index in [-0.39, 0.29) is 11.3 Å². The molecule has 2 N–H and O–H groups in total. The van der Waals surface area contributed by atoms with Crippen LogP contribution in [-0.4, -0.2) is 16.1 Å². The molecule has 0 spiro atoms. The minimum atomic E-state index is -0.381. The van der Waals surface area contributed by atoms with Crippen LogP contribution in [-0.2, 0) is 11.2 Å². The molecule has 1 aromatic heterocycles. The van der Waals surface area contributed by atoms with Gasteiger partial charge in [0, 0.05) is 12.6 Å². The molecule has 1 aromatic rings. The lowest BCUT2D eigenvalue weighted by atomic mass is 9.70. The number of carbonyl (C=O) groups is 1. The van der Waals surface area contributed by atoms with Crippen LogP contribution >= 0.6 is 0 Å². The summed E-state index contributed by atoms with van der Waals surface area (Å²) in [6.07, 6.45) is 7.43. The summed E-state index contributed by atoms with van der Waals surface area (Å²) in [6.45, 7) is 0. The highest BCUT2D eigenvalue weighted by molar-refractivity contribution is 5.81. The van der Waals surface area contributed by atoms with E-state index in [0.29, 0.717) is 6.42 Å². The molecule has 1 heterocycles. The van der Waals surface area contributed by atoms with Crippen LogP contribution in [0.25, 0.3) is 0 Å². The Hall–Kier alpha value is -1.45. The number of amides is 1. The topological polar surface area (TPSA) is 68.9 Å². The van der Waals surface area contributed by atoms with E-state index in [1.807, 2.05) is 12.1 Å². The van der Waals surface area contributed by atoms with Gasteiger partial charge in [-0.2, -0.15) is 10.2 Å². The van der Waals surface area contributed by atoms with Gasteiger partial charge in [0.2, 0.25) is 5.91 Å². The molecule has 1 aliphatic rings. The van der Waals surface area contributed by atoms with Crippen molar-refractivity contribution in [1.82, 2.24) is 10.2 Å². The molecule has 1 saturated carbocycles. The van der Waals surface area contributed by atoms with Gasteiger partial charge in [-0.1, -0.05) is 19.3 Å². The maximum Gasteiger partial charge on any atom is 0.224 e. The molecule has 0 bridgehead atoms. The van der Waals surface area contributed by atoms with Gasteiger partial charge < -0.3 is 5.73 Å². The summed E-state index contributed by atoms with van der Waals surface area (Å²) >= 11 is 0. The van der Waals surface area contributed by atoms with Crippen molar-refractivity contribution in [2.75, 3.05) is 0 Å². The van der Waals surface area contributed by atoms with E-state index in [9.17, 15) is 4.79 Å². The van der Waals surface area contributed by atoms with Crippen LogP contribution in [0.4, 0.5) is 0 Å². The first-order valence-electron chi connectivity index (χ1n) is 5.79. The summed E-state index contributed by atoms with van der Waals surface area (Å²) in [4.78, 5) is 11.7. The number of primary amides is 1. The maximum absolute atomic E-state index is 11.7. The number of hydrogen-bond donors (Lipinski definition) is 1. The lowest BCUT2D eigenvalue weighted by Crippen LogP contribution is -2.40. The van der Waals surface area contributed by atoms with Crippen molar-refractivity contribution >= 4 is 5.91 Å². The molecule has 0 radical (unpaired) electrons. The largest absolute Gasteiger partial charge is 0.369 e. The van der Waals surface area contributed by atoms with Gasteiger partial charge in [-0.3, -0.25) is 4.79 Å². The molecule has 0 atom stereocenters. The van der Waals surface area contributed by atoms with E-state index in [4.69, 9.17) is 5.73 Å². The molecular weight excluding hydrogens is 202 g/mol. The van der Waals surface area contributed by atoms with Crippen LogP contribution < -0.4 is 5.73 Å². The summed E-state index contributed by atoms with van der Waals surface area (Å²) in [5.74, 6) is -0.183. The van der Waals surface area contributed by atoms with Gasteiger partial charge >= 0.3 is 0 Å². The first kappa shape index (κ1) is 11.0. The number of aromatic nitrogens is 2. The average Bonchev–Trinajstić information content (AvgIpc) is 2.31. The SMILES string of the molecule is NC(=O)C1(Cc2cccnn2)CCCCC1. The van der Waals surface area contributed by atoms with Crippen LogP contribution in [0.2, 0.25) is 0 Å². The third-order valence-electron chi connectivity index (χ3n) is 3.48. The zero-order chi connectivity index (χ0) is 11.4. The first-order chi connectivity index (χ1) is 7.73. The highest BCUT2D eigenvalue weighted by Crippen LogP contribution is 2.38. The van der Waals surface area contributed by atoms with E-state index in [0.717, 1.165) is 31.4 Å². The van der Waals surface area contributed by atoms with Crippen molar-refractivity contribution in [3.63, 3.8) is 0 Å². The van der Waals surface area contributed by atoms with Crippen LogP contribution in [0.5, 0.6) is 0 Å². The van der Waals surface area contributed by atoms with E-state index in [1.54, 1.807) is 6.20 Å². The van der Waals surface area contributed by atoms with Gasteiger partial charge in [0.25, 0.3) is 0 Å². The Kier molecular flexibility index (Phi) is 3.17. The number of nitrogens with zero attached hydrogens (tertiary/aromatic N) is 2. The van der Waals surface area contributed by atoms with E-state index >= 15 is 0 Å². The number of hydrogen-bond acceptors (Lipinski definition) is 3. The zero-order valence-electron chi connectivity index (χ0n) is 9.35. The zero-order valence-corrected chi connectivity index (χ0v) is 9.35. The molecule has 0 aliphatic heterocycles. The average molecular weight is 219 g/mol. The minimum absolute atomic E-state index is 0.183. The van der Waals surface area contributed by atoms with Gasteiger partial charge in [-0.15, -0.1) is 0 Å². The quantitative estimate of drug-likeness (QED) is 0.836. The lowest BCUT2D eigenvalue weighted by Gasteiger charge is -2.33. The maximum atomic E-state index is 11.7. The second kappa shape index (κ2) is 4.60. The van der Waals surface area contributed by atoms with Crippen LogP contribution in [0, 0.1) is 5.41 Å². The van der Waals surface area contributed by atoms with Gasteiger partial charge in [0.15, 0.2) is 0 Å². The third kappa shape index (κ3) is 2.21. The first-order valence-corrected chi connectivity index (χ1v) is 5.79. The monoisotopic (exact) mass is 219 g/mol. The Labute approximate surface area is 95.3 Å². The summed E-state index contributed by atoms with van der Waals surface area (Å²) in [6, 6.07) is 3.76. The molecule has 16 heavy (non-hydrogen) atoms. The van der Waals surface area contributed by atoms with E-state index < -0.39 is 0 Å². The fraction of sp³-hybridized carbons (Fsp3) is 0.583. The molecule has 4 heteroatoms. The van der Waals surface area contributed by atoms with Crippen molar-refractivity contribution in [2.24, 2.45) is 11.1 Å². The number of carbonyl (C=O) groups excluding carboxylic acids is 1. The van der Waals surface area contributed by atoms with Gasteiger partial charge in [0.05, 0.1) is 11.1 Å². The van der Waals surface area contributed by atoms with E-state index in [1.165, 1.54) is 6.42 Å². The Morgan fingerprint density at radius 3 is 2.69 bits per heavy atom. The Morgan fingerprint density at radius 1 is 1.38 bits per heavy atom. The lowest BCUT2D eigenvalue weighted by molar-refractivity contribution is -0.129. The molecular formula is C12H17N3O. The number of nitrogens with two attached hydrogens (primary N) is 1. The molecule has 4 nitrogen and oxygen atoms in total. The predicted octanol–water partition coefficient (Wildman–Crippen LogP) is 1.45. The predicted molar refractivity (Wildman–Crippen MR) is 60.4 cm³/mol. The summed E-state index contributed by atoms with van der Waals surface area (Å²) in [5, 5.41) is 7.88. The second-order valence-corrected chi connectivity index (χ2v) is 4.60. The van der Waals surface area contributed by atoms with Crippen molar-refractivity contribution in [1.29, 1.82) is 0 Å². The van der Waals surface area contributed by atoms with Crippen LogP contribution in [0.1, 0.15) is 37.8 Å². The molecule has 0 aromatic carbocycles. The second-order valence-electron chi connectivity index (χ2n) is 4.60. The van der Waals surface area contributed by atoms with Gasteiger partial charge in [-0.25, -0.2) is 0 Å². The van der Waals surface area contributed by atoms with Crippen molar-refractivity contribution < 1.29 is 4.79 Å². The molecule has 1 amide bonds. The van der Waals surface area contributed by atoms with Gasteiger partial charge in [-0.05, 0) is 25.0 Å². The molecule has 0 saturated heterocycles. The molecule has 0 unspecified atom stereocenters. The molecule has 1 fully saturated rings. The third-order valence-corrected chi connectivity index (χ3v) is 3.48. The summed E-state index contributed by atoms with van der Waals surface area (Å²) < 4.78 is 0. The van der Waals surface area contributed by atoms with Crippen molar-refractivity contribution in [2.45, 2.75) is 38.5 Å². The normalized spacial score (nSPS) is 19.2. The minimum Gasteiger partial charge on any atom is -0.369 e. The number of rotatable bonds is 3. The van der Waals surface area contributed by atoms with Crippen LogP contribution in [0.15, 0.2) is 18.3 Å². The Balaban J connectivity index is 2.17. The fourth-order valence-corrected chi connectivity index (χ4v) is 2.51. The fourth-order valence-electron chi connectivity index (χ4n) is 2.51.